The summed E-state index contributed by atoms with van der Waals surface area (Å²) >= 11 is 5.61. The molecule has 0 saturated heterocycles. The molecule has 0 aliphatic heterocycles. The van der Waals surface area contributed by atoms with Gasteiger partial charge in [0.05, 0.1) is 0 Å². The van der Waals surface area contributed by atoms with Gasteiger partial charge in [-0.15, -0.1) is 11.6 Å². The van der Waals surface area contributed by atoms with Crippen LogP contribution in [0, 0.1) is 11.6 Å². The standard InChI is InChI=1S/C11H14ClF2N/c1-2-15(4-3-12)8-9-5-10(13)7-11(14)6-9/h5-7H,2-4,8H2,1H3. The van der Waals surface area contributed by atoms with E-state index in [1.807, 2.05) is 11.8 Å². The molecule has 0 heterocycles. The van der Waals surface area contributed by atoms with Crippen LogP contribution in [0.3, 0.4) is 0 Å². The van der Waals surface area contributed by atoms with E-state index in [0.29, 0.717) is 18.0 Å². The van der Waals surface area contributed by atoms with Crippen LogP contribution in [0.1, 0.15) is 12.5 Å². The molecule has 0 N–H and O–H groups in total. The maximum atomic E-state index is 12.9. The van der Waals surface area contributed by atoms with Crippen molar-refractivity contribution in [2.75, 3.05) is 19.0 Å². The Morgan fingerprint density at radius 2 is 1.80 bits per heavy atom. The fraction of sp³-hybridized carbons (Fsp3) is 0.455. The van der Waals surface area contributed by atoms with Gasteiger partial charge in [-0.2, -0.15) is 0 Å². The van der Waals surface area contributed by atoms with Gasteiger partial charge in [0.1, 0.15) is 11.6 Å². The molecule has 84 valence electrons. The minimum atomic E-state index is -0.535. The zero-order chi connectivity index (χ0) is 11.3. The Morgan fingerprint density at radius 1 is 1.20 bits per heavy atom. The molecule has 1 aromatic carbocycles. The van der Waals surface area contributed by atoms with E-state index in [1.165, 1.54) is 12.1 Å². The van der Waals surface area contributed by atoms with Crippen molar-refractivity contribution in [2.45, 2.75) is 13.5 Å². The monoisotopic (exact) mass is 233 g/mol. The van der Waals surface area contributed by atoms with Crippen molar-refractivity contribution < 1.29 is 8.78 Å². The summed E-state index contributed by atoms with van der Waals surface area (Å²) < 4.78 is 25.8. The number of alkyl halides is 1. The third-order valence-electron chi connectivity index (χ3n) is 2.18. The number of rotatable bonds is 5. The Labute approximate surface area is 93.7 Å². The van der Waals surface area contributed by atoms with Gasteiger partial charge < -0.3 is 0 Å². The van der Waals surface area contributed by atoms with Gasteiger partial charge >= 0.3 is 0 Å². The quantitative estimate of drug-likeness (QED) is 0.707. The number of benzene rings is 1. The van der Waals surface area contributed by atoms with E-state index in [9.17, 15) is 8.78 Å². The van der Waals surface area contributed by atoms with E-state index < -0.39 is 11.6 Å². The Hall–Kier alpha value is -0.670. The van der Waals surface area contributed by atoms with Gasteiger partial charge in [0.2, 0.25) is 0 Å². The first kappa shape index (κ1) is 12.4. The molecule has 0 aliphatic carbocycles. The van der Waals surface area contributed by atoms with Gasteiger partial charge in [0.25, 0.3) is 0 Å². The maximum Gasteiger partial charge on any atom is 0.126 e. The maximum absolute atomic E-state index is 12.9. The molecule has 0 atom stereocenters. The Kier molecular flexibility index (Phi) is 4.99. The van der Waals surface area contributed by atoms with Crippen molar-refractivity contribution >= 4 is 11.6 Å². The number of hydrogen-bond acceptors (Lipinski definition) is 1. The van der Waals surface area contributed by atoms with E-state index in [1.54, 1.807) is 0 Å². The van der Waals surface area contributed by atoms with Crippen molar-refractivity contribution in [1.29, 1.82) is 0 Å². The zero-order valence-electron chi connectivity index (χ0n) is 8.64. The van der Waals surface area contributed by atoms with Crippen molar-refractivity contribution in [3.63, 3.8) is 0 Å². The molecule has 0 amide bonds. The van der Waals surface area contributed by atoms with E-state index in [4.69, 9.17) is 11.6 Å². The number of nitrogens with zero attached hydrogens (tertiary/aromatic N) is 1. The van der Waals surface area contributed by atoms with Crippen LogP contribution >= 0.6 is 11.6 Å². The molecule has 0 aliphatic rings. The van der Waals surface area contributed by atoms with Gasteiger partial charge in [-0.05, 0) is 24.2 Å². The predicted octanol–water partition coefficient (Wildman–Crippen LogP) is 3.03. The van der Waals surface area contributed by atoms with E-state index in [0.717, 1.165) is 19.2 Å². The zero-order valence-corrected chi connectivity index (χ0v) is 9.40. The van der Waals surface area contributed by atoms with Crippen LogP contribution in [0.5, 0.6) is 0 Å². The van der Waals surface area contributed by atoms with Gasteiger partial charge in [-0.3, -0.25) is 4.90 Å². The van der Waals surface area contributed by atoms with Gasteiger partial charge in [0.15, 0.2) is 0 Å². The third-order valence-corrected chi connectivity index (χ3v) is 2.35. The highest BCUT2D eigenvalue weighted by molar-refractivity contribution is 6.18. The second-order valence-electron chi connectivity index (χ2n) is 3.34. The molecule has 0 spiro atoms. The van der Waals surface area contributed by atoms with Crippen LogP contribution in [0.4, 0.5) is 8.78 Å². The average Bonchev–Trinajstić information content (AvgIpc) is 2.15. The number of halogens is 3. The lowest BCUT2D eigenvalue weighted by Crippen LogP contribution is -2.25. The van der Waals surface area contributed by atoms with Crippen molar-refractivity contribution in [1.82, 2.24) is 4.90 Å². The summed E-state index contributed by atoms with van der Waals surface area (Å²) in [6.07, 6.45) is 0. The van der Waals surface area contributed by atoms with Crippen molar-refractivity contribution in [3.05, 3.63) is 35.4 Å². The van der Waals surface area contributed by atoms with Crippen LogP contribution in [0.25, 0.3) is 0 Å². The van der Waals surface area contributed by atoms with Crippen molar-refractivity contribution in [3.8, 4) is 0 Å². The molecule has 1 rings (SSSR count). The molecule has 0 bridgehead atoms. The first-order valence-electron chi connectivity index (χ1n) is 4.89. The topological polar surface area (TPSA) is 3.24 Å². The first-order chi connectivity index (χ1) is 7.15. The smallest absolute Gasteiger partial charge is 0.126 e. The molecule has 0 fully saturated rings. The highest BCUT2D eigenvalue weighted by Crippen LogP contribution is 2.10. The predicted molar refractivity (Wildman–Crippen MR) is 58.0 cm³/mol. The van der Waals surface area contributed by atoms with Crippen molar-refractivity contribution in [2.24, 2.45) is 0 Å². The molecule has 1 nitrogen and oxygen atoms in total. The highest BCUT2D eigenvalue weighted by Gasteiger charge is 2.05. The Bertz CT molecular complexity index is 297. The first-order valence-corrected chi connectivity index (χ1v) is 5.42. The molecule has 1 aromatic rings. The second kappa shape index (κ2) is 6.03. The lowest BCUT2D eigenvalue weighted by molar-refractivity contribution is 0.296. The fourth-order valence-electron chi connectivity index (χ4n) is 1.43. The van der Waals surface area contributed by atoms with E-state index in [2.05, 4.69) is 0 Å². The summed E-state index contributed by atoms with van der Waals surface area (Å²) in [6, 6.07) is 3.57. The van der Waals surface area contributed by atoms with Crippen LogP contribution in [0.2, 0.25) is 0 Å². The Balaban J connectivity index is 2.69. The second-order valence-corrected chi connectivity index (χ2v) is 3.71. The fourth-order valence-corrected chi connectivity index (χ4v) is 1.67. The minimum absolute atomic E-state index is 0.519. The highest BCUT2D eigenvalue weighted by atomic mass is 35.5. The lowest BCUT2D eigenvalue weighted by atomic mass is 10.2. The van der Waals surface area contributed by atoms with E-state index in [-0.39, 0.29) is 0 Å². The molecule has 0 unspecified atom stereocenters. The third kappa shape index (κ3) is 4.14. The van der Waals surface area contributed by atoms with Gasteiger partial charge in [0, 0.05) is 25.0 Å². The SMILES string of the molecule is CCN(CCCl)Cc1cc(F)cc(F)c1. The molecule has 0 aromatic heterocycles. The van der Waals surface area contributed by atoms with Crippen LogP contribution in [0.15, 0.2) is 18.2 Å². The molecule has 15 heavy (non-hydrogen) atoms. The number of hydrogen-bond donors (Lipinski definition) is 0. The molecule has 4 heteroatoms. The average molecular weight is 234 g/mol. The molecular formula is C11H14ClF2N. The Morgan fingerprint density at radius 3 is 2.27 bits per heavy atom. The molecule has 0 saturated carbocycles. The van der Waals surface area contributed by atoms with Gasteiger partial charge in [-0.1, -0.05) is 6.92 Å². The summed E-state index contributed by atoms with van der Waals surface area (Å²) in [7, 11) is 0. The molecule has 0 radical (unpaired) electrons. The van der Waals surface area contributed by atoms with Crippen LogP contribution in [-0.4, -0.2) is 23.9 Å². The van der Waals surface area contributed by atoms with Gasteiger partial charge in [-0.25, -0.2) is 8.78 Å². The minimum Gasteiger partial charge on any atom is -0.298 e. The lowest BCUT2D eigenvalue weighted by Gasteiger charge is -2.18. The summed E-state index contributed by atoms with van der Waals surface area (Å²) in [5, 5.41) is 0. The molecular weight excluding hydrogens is 220 g/mol. The summed E-state index contributed by atoms with van der Waals surface area (Å²) in [6.45, 7) is 4.04. The summed E-state index contributed by atoms with van der Waals surface area (Å²) in [4.78, 5) is 2.03. The largest absolute Gasteiger partial charge is 0.298 e. The van der Waals surface area contributed by atoms with E-state index >= 15 is 0 Å². The summed E-state index contributed by atoms with van der Waals surface area (Å²) in [5.74, 6) is -0.551. The van der Waals surface area contributed by atoms with Crippen LogP contribution < -0.4 is 0 Å². The summed E-state index contributed by atoms with van der Waals surface area (Å²) in [5.41, 5.74) is 0.638. The van der Waals surface area contributed by atoms with Crippen LogP contribution in [-0.2, 0) is 6.54 Å². The normalized spacial score (nSPS) is 11.0.